The molecule has 38 heteroatoms. The Balaban J connectivity index is 0.000000189. The fourth-order valence-corrected chi connectivity index (χ4v) is 14.2. The van der Waals surface area contributed by atoms with Crippen molar-refractivity contribution in [3.05, 3.63) is 300 Å². The van der Waals surface area contributed by atoms with Crippen LogP contribution in [0.1, 0.15) is 172 Å². The number of rotatable bonds is 19. The van der Waals surface area contributed by atoms with Gasteiger partial charge < -0.3 is 71.1 Å². The van der Waals surface area contributed by atoms with E-state index in [9.17, 15) is 66.3 Å². The van der Waals surface area contributed by atoms with Crippen molar-refractivity contribution >= 4 is 118 Å². The number of alkyl halides is 1. The number of fused-ring (bicyclic) bond motifs is 3. The molecule has 5 amide bonds. The first kappa shape index (κ1) is 93.3. The molecule has 30 nitrogen and oxygen atoms in total. The molecular weight excluding hydrogens is 1780 g/mol. The van der Waals surface area contributed by atoms with E-state index >= 15 is 0 Å². The Bertz CT molecular complexity index is 5490. The zero-order chi connectivity index (χ0) is 90.9. The number of aromatic nitrogens is 9. The number of benzene rings is 6. The Morgan fingerprint density at radius 3 is 1.19 bits per heavy atom. The third-order valence-corrected chi connectivity index (χ3v) is 20.0. The number of carboxylic acid groups (broad SMARTS) is 1. The fraction of sp³-hybridized carbons (Fsp3) is 0.256. The summed E-state index contributed by atoms with van der Waals surface area (Å²) in [6.07, 6.45) is 5.52. The fourth-order valence-electron chi connectivity index (χ4n) is 14.2. The van der Waals surface area contributed by atoms with Gasteiger partial charge in [0.2, 0.25) is 5.24 Å². The van der Waals surface area contributed by atoms with Crippen LogP contribution in [0, 0.1) is 34.5 Å². The standard InChI is InChI=1S/C28H28FN5O3.C27H27FN6O3.C20H19FN4O3.C7H8N2O3.C3H5ClO.CH3F.2ClH.Sn/c1-17-13-21(10-11-24(17)37-3)31-27(35)25-22-16-33(28(36)23-5-4-12-30-23)14-18(2)26(22)34(32-25)15-19-6-8-20(29)9-7-19;1-16-13-33(27(36)22-4-3-11-30-22)15-20-24(26(35)31-19-9-10-23(37-2)21(29)12-19)32-34(25(16)20)14-17-5-7-18(28)8-6-17;1-12-9-24(19(26)16-3-2-8-22-16)11-15-17(20(27)28)23-25(18(12)15)10-13-4-6-14(21)7-5-13;1-12-7-3-2-5(8)4-6(7)9(10)11;1-2-3(4)5;1-2;;;/h4-13,18,30H,14-16H2,1-3H3,(H,31,35);3-12,16,30H,13-15,29H2,1-2H3,(H,31,35);2-8,12,22H,9-11H2,1H3,(H,27,28);2-4H,8H2,1H3;2H2,1H3;1H3;2*1H;/q;;;;;;;;+2/p-2/i;;;;;1D;;;. The molecular formula is C86H90Cl3F4N17O13Sn. The molecule has 3 aliphatic heterocycles. The number of amides is 5. The van der Waals surface area contributed by atoms with Crippen LogP contribution in [0.25, 0.3) is 0 Å². The van der Waals surface area contributed by atoms with Gasteiger partial charge in [-0.05, 0) is 162 Å². The van der Waals surface area contributed by atoms with Gasteiger partial charge in [0.1, 0.15) is 46.0 Å². The van der Waals surface area contributed by atoms with Crippen molar-refractivity contribution in [2.24, 2.45) is 0 Å². The van der Waals surface area contributed by atoms with Crippen molar-refractivity contribution in [3.63, 3.8) is 0 Å². The molecule has 9 heterocycles. The molecule has 3 aliphatic rings. The summed E-state index contributed by atoms with van der Waals surface area (Å²) in [5, 5.41) is 39.2. The number of methoxy groups -OCH3 is 3. The second-order valence-electron chi connectivity index (χ2n) is 28.3. The number of hydrogen-bond donors (Lipinski definition) is 8. The molecule has 0 saturated heterocycles. The molecule has 0 bridgehead atoms. The van der Waals surface area contributed by atoms with Crippen LogP contribution in [0.3, 0.4) is 0 Å². The molecule has 0 saturated carbocycles. The van der Waals surface area contributed by atoms with E-state index in [1.54, 1.807) is 171 Å². The van der Waals surface area contributed by atoms with E-state index in [2.05, 4.69) is 35.8 Å². The van der Waals surface area contributed by atoms with Crippen molar-refractivity contribution in [1.82, 2.24) is 59.0 Å². The number of halogens is 7. The van der Waals surface area contributed by atoms with Gasteiger partial charge in [0.05, 0.1) is 79.7 Å². The molecule has 3 atom stereocenters. The average Bonchev–Trinajstić information content (AvgIpc) is 1.62. The van der Waals surface area contributed by atoms with E-state index in [0.717, 1.165) is 45.1 Å². The summed E-state index contributed by atoms with van der Waals surface area (Å²) in [6, 6.07) is 43.5. The molecule has 0 spiro atoms. The number of carbonyl (C=O) groups excluding carboxylic acids is 6. The predicted octanol–water partition coefficient (Wildman–Crippen LogP) is 15.5. The Hall–Kier alpha value is -12.9. The number of hydrogen-bond acceptors (Lipinski definition) is 17. The molecule has 3 unspecified atom stereocenters. The number of aromatic carboxylic acids is 1. The number of nitrogens with one attached hydrogen (secondary N) is 5. The summed E-state index contributed by atoms with van der Waals surface area (Å²) in [5.41, 5.74) is 22.9. The summed E-state index contributed by atoms with van der Waals surface area (Å²) < 4.78 is 76.1. The zero-order valence-electron chi connectivity index (χ0n) is 69.4. The number of H-pyrrole nitrogens is 3. The van der Waals surface area contributed by atoms with Crippen LogP contribution in [0.4, 0.5) is 46.0 Å². The molecule has 6 aromatic heterocycles. The quantitative estimate of drug-likeness (QED) is 0.00931. The SMILES string of the molecule is CC1CN(C(=O)c2ccc[nH]2)Cc2c(C(=O)O)nn(Cc3ccc(F)cc3)c21.CCC(=O)Cl.COc1ccc(N)cc1[N+](=O)[O-].COc1ccc(NC(=O)c2nn(Cc3ccc(F)cc3)c3c2CN(C(=O)c2ccc[nH]2)CC3C)cc1C.COc1ccc(NC(=O)c2nn(Cc3ccc(F)cc3)c3c2CN(C(=O)c2ccc[nH]2)CC3C)cc1N.[2H]CF.[Cl][Sn][Cl]. The average molecular weight is 1870 g/mol. The van der Waals surface area contributed by atoms with E-state index in [4.69, 9.17) is 61.6 Å². The van der Waals surface area contributed by atoms with Crippen LogP contribution in [0.5, 0.6) is 17.2 Å². The van der Waals surface area contributed by atoms with E-state index in [0.29, 0.717) is 108 Å². The number of nitro benzene ring substituents is 1. The Morgan fingerprint density at radius 2 is 0.887 bits per heavy atom. The van der Waals surface area contributed by atoms with Gasteiger partial charge in [-0.15, -0.1) is 0 Å². The Morgan fingerprint density at radius 1 is 0.556 bits per heavy atom. The molecule has 2 radical (unpaired) electrons. The van der Waals surface area contributed by atoms with Crippen LogP contribution in [0.2, 0.25) is 0 Å². The molecule has 6 aromatic carbocycles. The monoisotopic (exact) mass is 1870 g/mol. The second-order valence-corrected chi connectivity index (χ2v) is 33.0. The Kier molecular flexibility index (Phi) is 33.7. The minimum absolute atomic E-state index is 0.0482. The number of carbonyl (C=O) groups is 7. The Labute approximate surface area is 734 Å². The van der Waals surface area contributed by atoms with E-state index in [-0.39, 0.29) is 112 Å². The number of aryl methyl sites for hydroxylation is 1. The third-order valence-electron chi connectivity index (χ3n) is 19.7. The summed E-state index contributed by atoms with van der Waals surface area (Å²) in [7, 11) is 13.4. The van der Waals surface area contributed by atoms with Crippen LogP contribution in [-0.4, -0.2) is 177 Å². The number of nitro groups is 1. The number of nitrogens with zero attached hydrogens (tertiary/aromatic N) is 10. The number of carboxylic acids is 1. The van der Waals surface area contributed by atoms with Crippen molar-refractivity contribution < 1.29 is 76.7 Å². The van der Waals surface area contributed by atoms with Crippen LogP contribution in [0.15, 0.2) is 182 Å². The summed E-state index contributed by atoms with van der Waals surface area (Å²) in [6.45, 7) is 12.7. The van der Waals surface area contributed by atoms with Gasteiger partial charge in [-0.25, -0.2) is 18.0 Å². The maximum absolute atomic E-state index is 13.5. The van der Waals surface area contributed by atoms with Crippen molar-refractivity contribution in [2.45, 2.75) is 98.1 Å². The second kappa shape index (κ2) is 44.7. The van der Waals surface area contributed by atoms with Crippen molar-refractivity contribution in [3.8, 4) is 17.2 Å². The normalized spacial score (nSPS) is 14.0. The van der Waals surface area contributed by atoms with Gasteiger partial charge >= 0.3 is 48.4 Å². The molecule has 650 valence electrons. The van der Waals surface area contributed by atoms with Gasteiger partial charge in [-0.2, -0.15) is 15.3 Å². The zero-order valence-corrected chi connectivity index (χ0v) is 73.6. The van der Waals surface area contributed by atoms with Crippen LogP contribution in [-0.2, 0) is 44.1 Å². The first-order valence-corrected chi connectivity index (χ1v) is 45.8. The van der Waals surface area contributed by atoms with Crippen molar-refractivity contribution in [1.29, 1.82) is 0 Å². The molecule has 10 N–H and O–H groups in total. The van der Waals surface area contributed by atoms with E-state index in [1.807, 2.05) is 33.8 Å². The summed E-state index contributed by atoms with van der Waals surface area (Å²) in [5.74, 6) is -2.13. The topological polar surface area (TPSA) is 397 Å². The third kappa shape index (κ3) is 24.3. The van der Waals surface area contributed by atoms with Crippen molar-refractivity contribution in [2.75, 3.05) is 70.2 Å². The summed E-state index contributed by atoms with van der Waals surface area (Å²) in [4.78, 5) is 111. The number of anilines is 4. The van der Waals surface area contributed by atoms with E-state index < -0.39 is 42.8 Å². The van der Waals surface area contributed by atoms with Gasteiger partial charge in [-0.1, -0.05) is 64.1 Å². The van der Waals surface area contributed by atoms with E-state index in [1.165, 1.54) is 62.8 Å². The predicted molar refractivity (Wildman–Crippen MR) is 463 cm³/mol. The van der Waals surface area contributed by atoms with Gasteiger partial charge in [0.25, 0.3) is 29.5 Å². The van der Waals surface area contributed by atoms with Crippen LogP contribution < -0.4 is 36.3 Å². The van der Waals surface area contributed by atoms with Gasteiger partial charge in [0, 0.05) is 119 Å². The maximum atomic E-state index is 13.5. The van der Waals surface area contributed by atoms with Gasteiger partial charge in [-0.3, -0.25) is 57.3 Å². The number of nitrogen functional groups attached to an aromatic ring is 2. The molecule has 12 aromatic rings. The summed E-state index contributed by atoms with van der Waals surface area (Å²) >= 11 is 4.00. The first-order valence-electron chi connectivity index (χ1n) is 38.9. The molecule has 0 fully saturated rings. The molecule has 124 heavy (non-hydrogen) atoms. The molecule has 0 aliphatic carbocycles. The van der Waals surface area contributed by atoms with Crippen LogP contribution >= 0.6 is 29.4 Å². The number of ether oxygens (including phenoxy) is 3. The minimum atomic E-state index is -1.13. The first-order chi connectivity index (χ1) is 59.8. The van der Waals surface area contributed by atoms with Gasteiger partial charge in [0.15, 0.2) is 22.8 Å². The number of aromatic amines is 3. The number of nitrogens with two attached hydrogens (primary N) is 2. The molecule has 15 rings (SSSR count).